The molecule has 5 aromatic rings. The van der Waals surface area contributed by atoms with E-state index in [1.54, 1.807) is 43.5 Å². The van der Waals surface area contributed by atoms with Crippen molar-refractivity contribution >= 4 is 51.9 Å². The number of anilines is 2. The maximum absolute atomic E-state index is 13.6. The van der Waals surface area contributed by atoms with Crippen LogP contribution in [0, 0.1) is 0 Å². The van der Waals surface area contributed by atoms with E-state index in [9.17, 15) is 9.59 Å². The van der Waals surface area contributed by atoms with Crippen molar-refractivity contribution in [2.45, 2.75) is 26.4 Å². The second-order valence-electron chi connectivity index (χ2n) is 10.2. The number of rotatable bonds is 12. The zero-order valence-corrected chi connectivity index (χ0v) is 25.9. The zero-order chi connectivity index (χ0) is 31.8. The number of halogens is 1. The van der Waals surface area contributed by atoms with Crippen molar-refractivity contribution in [3.05, 3.63) is 119 Å². The van der Waals surface area contributed by atoms with Crippen molar-refractivity contribution in [3.8, 4) is 0 Å². The number of amides is 1. The number of nitrogens with zero attached hydrogens (tertiary/aromatic N) is 5. The number of amidine groups is 1. The van der Waals surface area contributed by atoms with E-state index in [0.717, 1.165) is 28.2 Å². The van der Waals surface area contributed by atoms with Gasteiger partial charge in [0.05, 0.1) is 37.2 Å². The fraction of sp³-hybridized carbons (Fsp3) is 0.206. The largest absolute Gasteiger partial charge is 0.466 e. The van der Waals surface area contributed by atoms with E-state index in [1.807, 2.05) is 66.2 Å². The third kappa shape index (κ3) is 7.66. The number of aliphatic imine (C=N–C) groups is 1. The molecule has 0 aliphatic heterocycles. The van der Waals surface area contributed by atoms with Gasteiger partial charge in [0.2, 0.25) is 0 Å². The first-order chi connectivity index (χ1) is 21.8. The van der Waals surface area contributed by atoms with Crippen molar-refractivity contribution in [2.75, 3.05) is 23.4 Å². The normalized spacial score (nSPS) is 11.4. The molecule has 45 heavy (non-hydrogen) atoms. The smallest absolute Gasteiger partial charge is 0.307 e. The second-order valence-corrected chi connectivity index (χ2v) is 10.6. The molecule has 0 radical (unpaired) electrons. The number of carbonyl (C=O) groups is 2. The number of aromatic nitrogens is 3. The van der Waals surface area contributed by atoms with Gasteiger partial charge in [0.25, 0.3) is 5.91 Å². The molecule has 1 amide bonds. The van der Waals surface area contributed by atoms with Crippen LogP contribution in [0.4, 0.5) is 11.5 Å². The molecule has 0 bridgehead atoms. The maximum Gasteiger partial charge on any atom is 0.307 e. The monoisotopic (exact) mass is 623 g/mol. The van der Waals surface area contributed by atoms with Gasteiger partial charge in [-0.3, -0.25) is 19.5 Å². The van der Waals surface area contributed by atoms with Crippen molar-refractivity contribution in [2.24, 2.45) is 17.8 Å². The molecule has 0 spiro atoms. The van der Waals surface area contributed by atoms with Gasteiger partial charge in [-0.15, -0.1) is 0 Å². The Hall–Kier alpha value is -5.22. The summed E-state index contributed by atoms with van der Waals surface area (Å²) in [5, 5.41) is 4.06. The molecule has 10 nitrogen and oxygen atoms in total. The lowest BCUT2D eigenvalue weighted by molar-refractivity contribution is -0.142. The van der Waals surface area contributed by atoms with Crippen LogP contribution < -0.4 is 16.0 Å². The van der Waals surface area contributed by atoms with Crippen LogP contribution in [-0.4, -0.2) is 45.4 Å². The molecule has 3 N–H and O–H groups in total. The summed E-state index contributed by atoms with van der Waals surface area (Å²) in [4.78, 5) is 40.8. The molecule has 230 valence electrons. The Bertz CT molecular complexity index is 1820. The predicted octanol–water partition coefficient (Wildman–Crippen LogP) is 5.74. The minimum absolute atomic E-state index is 0.0563. The second kappa shape index (κ2) is 14.5. The van der Waals surface area contributed by atoms with Crippen molar-refractivity contribution < 1.29 is 14.3 Å². The van der Waals surface area contributed by atoms with Crippen molar-refractivity contribution in [1.29, 1.82) is 0 Å². The maximum atomic E-state index is 13.6. The average Bonchev–Trinajstić information content (AvgIpc) is 3.38. The van der Waals surface area contributed by atoms with Crippen LogP contribution in [0.15, 0.2) is 96.1 Å². The Labute approximate surface area is 266 Å². The van der Waals surface area contributed by atoms with E-state index in [-0.39, 0.29) is 31.4 Å². The summed E-state index contributed by atoms with van der Waals surface area (Å²) in [5.74, 6) is 1.04. The standard InChI is InChI=1S/C34H34ClN7O3/c1-3-45-32(43)17-19-42(30-10-6-7-18-37-30)34(44)24-13-16-29-28(20-24)40-31(41(29)2)22-38-26-14-11-23(12-15-26)33(36)39-21-25-8-4-5-9-27(25)35/h4-16,18,20,38H,3,17,19,21-22H2,1-2H3,(H2,36,39). The Balaban J connectivity index is 1.27. The van der Waals surface area contributed by atoms with E-state index < -0.39 is 0 Å². The Morgan fingerprint density at radius 3 is 2.51 bits per heavy atom. The summed E-state index contributed by atoms with van der Waals surface area (Å²) in [6, 6.07) is 26.0. The average molecular weight is 624 g/mol. The predicted molar refractivity (Wildman–Crippen MR) is 178 cm³/mol. The third-order valence-electron chi connectivity index (χ3n) is 7.25. The van der Waals surface area contributed by atoms with E-state index in [1.165, 1.54) is 4.90 Å². The number of nitrogens with one attached hydrogen (secondary N) is 1. The summed E-state index contributed by atoms with van der Waals surface area (Å²) in [6.45, 7) is 3.04. The summed E-state index contributed by atoms with van der Waals surface area (Å²) < 4.78 is 7.04. The van der Waals surface area contributed by atoms with Gasteiger partial charge in [0.15, 0.2) is 0 Å². The van der Waals surface area contributed by atoms with E-state index in [4.69, 9.17) is 27.1 Å². The molecule has 11 heteroatoms. The van der Waals surface area contributed by atoms with Gasteiger partial charge in [-0.1, -0.05) is 35.9 Å². The number of benzene rings is 3. The number of ether oxygens (including phenoxy) is 1. The molecule has 0 fully saturated rings. The number of pyridine rings is 1. The molecule has 0 unspecified atom stereocenters. The van der Waals surface area contributed by atoms with E-state index >= 15 is 0 Å². The number of nitrogens with two attached hydrogens (primary N) is 1. The first-order valence-corrected chi connectivity index (χ1v) is 14.9. The fourth-order valence-electron chi connectivity index (χ4n) is 4.79. The number of aryl methyl sites for hydroxylation is 1. The van der Waals surface area contributed by atoms with Crippen LogP contribution >= 0.6 is 11.6 Å². The minimum Gasteiger partial charge on any atom is -0.466 e. The molecule has 0 aliphatic carbocycles. The molecule has 2 aromatic heterocycles. The number of fused-ring (bicyclic) bond motifs is 1. The summed E-state index contributed by atoms with van der Waals surface area (Å²) >= 11 is 6.23. The Morgan fingerprint density at radius 1 is 1.02 bits per heavy atom. The van der Waals surface area contributed by atoms with Crippen molar-refractivity contribution in [1.82, 2.24) is 14.5 Å². The highest BCUT2D eigenvalue weighted by Gasteiger charge is 2.21. The Morgan fingerprint density at radius 2 is 1.78 bits per heavy atom. The molecule has 0 atom stereocenters. The van der Waals surface area contributed by atoms with Gasteiger partial charge in [-0.05, 0) is 73.2 Å². The number of esters is 1. The zero-order valence-electron chi connectivity index (χ0n) is 25.1. The van der Waals surface area contributed by atoms with Crippen molar-refractivity contribution in [3.63, 3.8) is 0 Å². The van der Waals surface area contributed by atoms with Crippen LogP contribution in [0.25, 0.3) is 11.0 Å². The van der Waals surface area contributed by atoms with Gasteiger partial charge in [0.1, 0.15) is 17.5 Å². The minimum atomic E-state index is -0.372. The SMILES string of the molecule is CCOC(=O)CCN(C(=O)c1ccc2c(c1)nc(CNc1ccc(C(N)=NCc3ccccc3Cl)cc1)n2C)c1ccccn1. The lowest BCUT2D eigenvalue weighted by Gasteiger charge is -2.21. The molecular weight excluding hydrogens is 590 g/mol. The number of hydrogen-bond donors (Lipinski definition) is 2. The van der Waals surface area contributed by atoms with Gasteiger partial charge in [-0.25, -0.2) is 9.97 Å². The van der Waals surface area contributed by atoms with Gasteiger partial charge < -0.3 is 20.4 Å². The van der Waals surface area contributed by atoms with Crippen LogP contribution in [0.3, 0.4) is 0 Å². The molecule has 3 aromatic carbocycles. The van der Waals surface area contributed by atoms with Gasteiger partial charge in [0, 0.05) is 41.6 Å². The number of imidazole rings is 1. The third-order valence-corrected chi connectivity index (χ3v) is 7.61. The summed E-state index contributed by atoms with van der Waals surface area (Å²) in [7, 11) is 1.94. The molecule has 0 saturated carbocycles. The Kier molecular flexibility index (Phi) is 10.1. The number of carbonyl (C=O) groups excluding carboxylic acids is 2. The number of hydrogen-bond acceptors (Lipinski definition) is 7. The van der Waals surface area contributed by atoms with E-state index in [0.29, 0.717) is 40.8 Å². The summed E-state index contributed by atoms with van der Waals surface area (Å²) in [5.41, 5.74) is 10.9. The lowest BCUT2D eigenvalue weighted by atomic mass is 10.1. The molecule has 2 heterocycles. The molecule has 0 saturated heterocycles. The van der Waals surface area contributed by atoms with E-state index in [2.05, 4.69) is 15.3 Å². The highest BCUT2D eigenvalue weighted by atomic mass is 35.5. The lowest BCUT2D eigenvalue weighted by Crippen LogP contribution is -2.34. The highest BCUT2D eigenvalue weighted by molar-refractivity contribution is 6.31. The van der Waals surface area contributed by atoms with Crippen LogP contribution in [-0.2, 0) is 29.7 Å². The van der Waals surface area contributed by atoms with Crippen LogP contribution in [0.1, 0.15) is 40.7 Å². The van der Waals surface area contributed by atoms with Gasteiger partial charge >= 0.3 is 5.97 Å². The molecule has 0 aliphatic rings. The van der Waals surface area contributed by atoms with Gasteiger partial charge in [-0.2, -0.15) is 0 Å². The molecular formula is C34H34ClN7O3. The van der Waals surface area contributed by atoms with Crippen LogP contribution in [0.5, 0.6) is 0 Å². The quantitative estimate of drug-likeness (QED) is 0.103. The first-order valence-electron chi connectivity index (χ1n) is 14.6. The molecule has 5 rings (SSSR count). The van der Waals surface area contributed by atoms with Crippen LogP contribution in [0.2, 0.25) is 5.02 Å². The fourth-order valence-corrected chi connectivity index (χ4v) is 4.99. The first kappa shape index (κ1) is 31.2. The summed E-state index contributed by atoms with van der Waals surface area (Å²) in [6.07, 6.45) is 1.67. The highest BCUT2D eigenvalue weighted by Crippen LogP contribution is 2.22. The topological polar surface area (TPSA) is 128 Å².